The van der Waals surface area contributed by atoms with E-state index < -0.39 is 10.0 Å². The lowest BCUT2D eigenvalue weighted by atomic mass is 10.0. The van der Waals surface area contributed by atoms with E-state index in [0.717, 1.165) is 18.2 Å². The van der Waals surface area contributed by atoms with Crippen LogP contribution in [0.15, 0.2) is 0 Å². The predicted octanol–water partition coefficient (Wildman–Crippen LogP) is 1.85. The number of hydrogen-bond donors (Lipinski definition) is 0. The van der Waals surface area contributed by atoms with E-state index >= 15 is 0 Å². The minimum atomic E-state index is -3.13. The Hall–Kier alpha value is 0.350. The van der Waals surface area contributed by atoms with Gasteiger partial charge in [0.15, 0.2) is 0 Å². The number of hydrogen-bond acceptors (Lipinski definition) is 3. The van der Waals surface area contributed by atoms with Crippen LogP contribution >= 0.6 is 15.9 Å². The van der Waals surface area contributed by atoms with Crippen LogP contribution in [0.3, 0.4) is 0 Å². The largest absolute Gasteiger partial charge is 0.378 e. The van der Waals surface area contributed by atoms with Gasteiger partial charge < -0.3 is 4.74 Å². The van der Waals surface area contributed by atoms with Gasteiger partial charge in [-0.2, -0.15) is 0 Å². The molecule has 0 radical (unpaired) electrons. The molecule has 6 heteroatoms. The van der Waals surface area contributed by atoms with Gasteiger partial charge in [0, 0.05) is 18.4 Å². The Morgan fingerprint density at radius 1 is 1.47 bits per heavy atom. The van der Waals surface area contributed by atoms with Gasteiger partial charge in [-0.25, -0.2) is 12.7 Å². The summed E-state index contributed by atoms with van der Waals surface area (Å²) in [7, 11) is -3.13. The monoisotopic (exact) mass is 327 g/mol. The molecule has 1 rings (SSSR count). The van der Waals surface area contributed by atoms with E-state index in [1.165, 1.54) is 0 Å². The molecule has 1 aliphatic rings. The molecule has 0 bridgehead atoms. The van der Waals surface area contributed by atoms with Gasteiger partial charge in [-0.3, -0.25) is 0 Å². The van der Waals surface area contributed by atoms with E-state index in [9.17, 15) is 8.42 Å². The Labute approximate surface area is 113 Å². The van der Waals surface area contributed by atoms with Crippen LogP contribution in [-0.4, -0.2) is 49.6 Å². The van der Waals surface area contributed by atoms with E-state index in [1.54, 1.807) is 4.31 Å². The Morgan fingerprint density at radius 2 is 2.18 bits per heavy atom. The van der Waals surface area contributed by atoms with Crippen molar-refractivity contribution in [1.29, 1.82) is 0 Å². The van der Waals surface area contributed by atoms with Crippen molar-refractivity contribution in [3.05, 3.63) is 0 Å². The first-order chi connectivity index (χ1) is 7.95. The molecular formula is C11H22BrNO3S. The second-order valence-corrected chi connectivity index (χ2v) is 7.49. The van der Waals surface area contributed by atoms with Crippen molar-refractivity contribution in [2.75, 3.05) is 30.8 Å². The van der Waals surface area contributed by atoms with Crippen molar-refractivity contribution >= 4 is 26.0 Å². The molecule has 1 unspecified atom stereocenters. The predicted molar refractivity (Wildman–Crippen MR) is 73.0 cm³/mol. The summed E-state index contributed by atoms with van der Waals surface area (Å²) in [6.45, 7) is 5.42. The Bertz CT molecular complexity index is 319. The molecule has 4 nitrogen and oxygen atoms in total. The summed E-state index contributed by atoms with van der Waals surface area (Å²) in [5.41, 5.74) is 0. The maximum atomic E-state index is 12.1. The molecule has 0 spiro atoms. The maximum Gasteiger partial charge on any atom is 0.216 e. The highest BCUT2D eigenvalue weighted by molar-refractivity contribution is 9.09. The van der Waals surface area contributed by atoms with E-state index in [-0.39, 0.29) is 18.5 Å². The van der Waals surface area contributed by atoms with Crippen LogP contribution in [0.4, 0.5) is 0 Å². The van der Waals surface area contributed by atoms with Crippen LogP contribution in [0.5, 0.6) is 0 Å². The summed E-state index contributed by atoms with van der Waals surface area (Å²) in [5.74, 6) is 0.546. The van der Waals surface area contributed by atoms with Crippen molar-refractivity contribution in [1.82, 2.24) is 4.31 Å². The molecule has 0 aromatic heterocycles. The normalized spacial score (nSPS) is 23.2. The fraction of sp³-hybridized carbons (Fsp3) is 1.00. The molecule has 0 saturated carbocycles. The van der Waals surface area contributed by atoms with Crippen LogP contribution in [0.2, 0.25) is 0 Å². The van der Waals surface area contributed by atoms with Gasteiger partial charge in [0.25, 0.3) is 0 Å². The molecule has 1 heterocycles. The van der Waals surface area contributed by atoms with Crippen LogP contribution in [0.25, 0.3) is 0 Å². The molecule has 1 fully saturated rings. The third-order valence-corrected chi connectivity index (χ3v) is 5.60. The van der Waals surface area contributed by atoms with Gasteiger partial charge in [0.05, 0.1) is 18.5 Å². The number of piperidine rings is 1. The Kier molecular flexibility index (Phi) is 6.40. The molecule has 0 aromatic carbocycles. The number of nitrogens with zero attached hydrogens (tertiary/aromatic N) is 1. The molecule has 102 valence electrons. The molecule has 0 amide bonds. The van der Waals surface area contributed by atoms with Crippen molar-refractivity contribution in [3.8, 4) is 0 Å². The fourth-order valence-corrected chi connectivity index (χ4v) is 3.86. The lowest BCUT2D eigenvalue weighted by Gasteiger charge is -2.31. The lowest BCUT2D eigenvalue weighted by Crippen LogP contribution is -2.42. The molecule has 0 aromatic rings. The molecule has 0 aliphatic carbocycles. The van der Waals surface area contributed by atoms with Gasteiger partial charge >= 0.3 is 0 Å². The molecule has 1 saturated heterocycles. The first-order valence-corrected chi connectivity index (χ1v) is 8.84. The summed E-state index contributed by atoms with van der Waals surface area (Å²) in [6.07, 6.45) is 2.15. The topological polar surface area (TPSA) is 46.6 Å². The molecular weight excluding hydrogens is 306 g/mol. The Balaban J connectivity index is 2.46. The van der Waals surface area contributed by atoms with Gasteiger partial charge in [-0.1, -0.05) is 15.9 Å². The molecule has 0 N–H and O–H groups in total. The highest BCUT2D eigenvalue weighted by Crippen LogP contribution is 2.20. The SMILES string of the molecule is CC(C)OCCS(=O)(=O)N1CCCC(CBr)C1. The van der Waals surface area contributed by atoms with Crippen molar-refractivity contribution in [2.24, 2.45) is 5.92 Å². The number of ether oxygens (including phenoxy) is 1. The first kappa shape index (κ1) is 15.4. The second-order valence-electron chi connectivity index (χ2n) is 4.76. The number of sulfonamides is 1. The lowest BCUT2D eigenvalue weighted by molar-refractivity contribution is 0.0904. The summed E-state index contributed by atoms with van der Waals surface area (Å²) < 4.78 is 31.0. The van der Waals surface area contributed by atoms with Gasteiger partial charge in [-0.15, -0.1) is 0 Å². The zero-order valence-electron chi connectivity index (χ0n) is 10.6. The zero-order valence-corrected chi connectivity index (χ0v) is 13.0. The van der Waals surface area contributed by atoms with Crippen LogP contribution in [-0.2, 0) is 14.8 Å². The summed E-state index contributed by atoms with van der Waals surface area (Å²) in [4.78, 5) is 0. The zero-order chi connectivity index (χ0) is 12.9. The molecule has 1 aliphatic heterocycles. The van der Waals surface area contributed by atoms with Crippen LogP contribution in [0, 0.1) is 5.92 Å². The highest BCUT2D eigenvalue weighted by Gasteiger charge is 2.28. The number of alkyl halides is 1. The summed E-state index contributed by atoms with van der Waals surface area (Å²) in [6, 6.07) is 0. The van der Waals surface area contributed by atoms with Gasteiger partial charge in [0.1, 0.15) is 0 Å². The van der Waals surface area contributed by atoms with E-state index in [4.69, 9.17) is 4.74 Å². The minimum absolute atomic E-state index is 0.0850. The average Bonchev–Trinajstić information content (AvgIpc) is 2.28. The molecule has 1 atom stereocenters. The number of rotatable bonds is 6. The van der Waals surface area contributed by atoms with Crippen molar-refractivity contribution in [2.45, 2.75) is 32.8 Å². The Morgan fingerprint density at radius 3 is 2.76 bits per heavy atom. The maximum absolute atomic E-state index is 12.1. The summed E-state index contributed by atoms with van der Waals surface area (Å²) in [5, 5.41) is 0.877. The first-order valence-electron chi connectivity index (χ1n) is 6.11. The van der Waals surface area contributed by atoms with Crippen molar-refractivity contribution in [3.63, 3.8) is 0 Å². The van der Waals surface area contributed by atoms with E-state index in [0.29, 0.717) is 19.0 Å². The number of halogens is 1. The van der Waals surface area contributed by atoms with Gasteiger partial charge in [-0.05, 0) is 32.6 Å². The van der Waals surface area contributed by atoms with E-state index in [2.05, 4.69) is 15.9 Å². The minimum Gasteiger partial charge on any atom is -0.378 e. The quantitative estimate of drug-likeness (QED) is 0.699. The van der Waals surface area contributed by atoms with Gasteiger partial charge in [0.2, 0.25) is 10.0 Å². The third kappa shape index (κ3) is 5.24. The van der Waals surface area contributed by atoms with E-state index in [1.807, 2.05) is 13.8 Å². The van der Waals surface area contributed by atoms with Crippen LogP contribution in [0.1, 0.15) is 26.7 Å². The second kappa shape index (κ2) is 7.07. The van der Waals surface area contributed by atoms with Crippen LogP contribution < -0.4 is 0 Å². The summed E-state index contributed by atoms with van der Waals surface area (Å²) >= 11 is 3.43. The fourth-order valence-electron chi connectivity index (χ4n) is 1.92. The standard InChI is InChI=1S/C11H22BrNO3S/c1-10(2)16-6-7-17(14,15)13-5-3-4-11(8-12)9-13/h10-11H,3-9H2,1-2H3. The smallest absolute Gasteiger partial charge is 0.216 e. The average molecular weight is 328 g/mol. The highest BCUT2D eigenvalue weighted by atomic mass is 79.9. The molecule has 17 heavy (non-hydrogen) atoms. The van der Waals surface area contributed by atoms with Crippen molar-refractivity contribution < 1.29 is 13.2 Å². The third-order valence-electron chi connectivity index (χ3n) is 2.89.